The van der Waals surface area contributed by atoms with Crippen molar-refractivity contribution < 1.29 is 0 Å². The monoisotopic (exact) mass is 297 g/mol. The van der Waals surface area contributed by atoms with Crippen molar-refractivity contribution in [2.75, 3.05) is 19.0 Å². The zero-order valence-electron chi connectivity index (χ0n) is 13.4. The number of pyridine rings is 1. The normalized spacial score (nSPS) is 11.1. The molecule has 0 aliphatic heterocycles. The summed E-state index contributed by atoms with van der Waals surface area (Å²) in [6.07, 6.45) is 0. The first kappa shape index (κ1) is 14.3. The Labute approximate surface area is 128 Å². The van der Waals surface area contributed by atoms with Gasteiger partial charge in [-0.3, -0.25) is 9.89 Å². The van der Waals surface area contributed by atoms with Gasteiger partial charge in [-0.2, -0.15) is 0 Å². The molecule has 0 saturated carbocycles. The molecule has 0 bridgehead atoms. The number of nitrogens with one attached hydrogen (secondary N) is 1. The lowest BCUT2D eigenvalue weighted by molar-refractivity contribution is 0.873. The van der Waals surface area contributed by atoms with Crippen LogP contribution in [0.1, 0.15) is 17.1 Å². The summed E-state index contributed by atoms with van der Waals surface area (Å²) in [5.41, 5.74) is 4.97. The third-order valence-corrected chi connectivity index (χ3v) is 3.72. The minimum absolute atomic E-state index is 0.104. The van der Waals surface area contributed by atoms with Gasteiger partial charge in [-0.25, -0.2) is 14.5 Å². The molecule has 0 saturated heterocycles. The summed E-state index contributed by atoms with van der Waals surface area (Å²) in [5.74, 6) is 0.903. The fourth-order valence-corrected chi connectivity index (χ4v) is 2.65. The first-order chi connectivity index (χ1) is 10.4. The Balaban J connectivity index is 2.31. The molecule has 3 rings (SSSR count). The molecule has 0 aliphatic rings. The van der Waals surface area contributed by atoms with E-state index < -0.39 is 0 Å². The number of hydrogen-bond acceptors (Lipinski definition) is 4. The van der Waals surface area contributed by atoms with Crippen LogP contribution in [0.4, 0.5) is 5.82 Å². The molecule has 0 spiro atoms. The highest BCUT2D eigenvalue weighted by Gasteiger charge is 2.16. The number of rotatable bonds is 2. The van der Waals surface area contributed by atoms with Crippen molar-refractivity contribution in [1.82, 2.24) is 19.6 Å². The van der Waals surface area contributed by atoms with Gasteiger partial charge in [0.1, 0.15) is 5.82 Å². The minimum Gasteiger partial charge on any atom is -0.363 e. The molecule has 3 heterocycles. The summed E-state index contributed by atoms with van der Waals surface area (Å²) < 4.78 is 1.48. The molecule has 0 aromatic carbocycles. The van der Waals surface area contributed by atoms with Gasteiger partial charge in [-0.15, -0.1) is 0 Å². The summed E-state index contributed by atoms with van der Waals surface area (Å²) in [7, 11) is 3.92. The molecule has 1 N–H and O–H groups in total. The second-order valence-corrected chi connectivity index (χ2v) is 5.70. The van der Waals surface area contributed by atoms with Crippen molar-refractivity contribution in [2.24, 2.45) is 0 Å². The van der Waals surface area contributed by atoms with Crippen LogP contribution in [0, 0.1) is 20.8 Å². The summed E-state index contributed by atoms with van der Waals surface area (Å²) in [4.78, 5) is 23.2. The SMILES string of the molecule is Cc1cc(=O)n2[nH]c(C)c(-c3ccc(N(C)C)nc3C)c2n1. The number of hydrogen-bond donors (Lipinski definition) is 1. The Hall–Kier alpha value is -2.63. The fourth-order valence-electron chi connectivity index (χ4n) is 2.65. The number of anilines is 1. The van der Waals surface area contributed by atoms with Crippen LogP contribution in [0.5, 0.6) is 0 Å². The lowest BCUT2D eigenvalue weighted by Gasteiger charge is -2.13. The number of aromatic nitrogens is 4. The van der Waals surface area contributed by atoms with Gasteiger partial charge in [0.25, 0.3) is 5.56 Å². The molecule has 0 radical (unpaired) electrons. The number of H-pyrrole nitrogens is 1. The van der Waals surface area contributed by atoms with Gasteiger partial charge in [0, 0.05) is 48.4 Å². The van der Waals surface area contributed by atoms with E-state index >= 15 is 0 Å². The molecule has 0 atom stereocenters. The van der Waals surface area contributed by atoms with E-state index in [-0.39, 0.29) is 5.56 Å². The first-order valence-electron chi connectivity index (χ1n) is 7.13. The predicted molar refractivity (Wildman–Crippen MR) is 87.6 cm³/mol. The van der Waals surface area contributed by atoms with Gasteiger partial charge in [-0.05, 0) is 32.9 Å². The van der Waals surface area contributed by atoms with Crippen LogP contribution in [-0.2, 0) is 0 Å². The van der Waals surface area contributed by atoms with E-state index in [1.54, 1.807) is 0 Å². The zero-order valence-corrected chi connectivity index (χ0v) is 13.4. The number of fused-ring (bicyclic) bond motifs is 1. The molecule has 0 amide bonds. The molecule has 22 heavy (non-hydrogen) atoms. The summed E-state index contributed by atoms with van der Waals surface area (Å²) >= 11 is 0. The summed E-state index contributed by atoms with van der Waals surface area (Å²) in [6, 6.07) is 5.52. The van der Waals surface area contributed by atoms with Crippen molar-refractivity contribution in [2.45, 2.75) is 20.8 Å². The van der Waals surface area contributed by atoms with Crippen LogP contribution < -0.4 is 10.5 Å². The van der Waals surface area contributed by atoms with E-state index in [2.05, 4.69) is 15.1 Å². The lowest BCUT2D eigenvalue weighted by atomic mass is 10.0. The molecule has 0 aliphatic carbocycles. The maximum atomic E-state index is 12.1. The average Bonchev–Trinajstić information content (AvgIpc) is 2.75. The van der Waals surface area contributed by atoms with E-state index in [4.69, 9.17) is 0 Å². The van der Waals surface area contributed by atoms with E-state index in [9.17, 15) is 4.79 Å². The molecule has 6 nitrogen and oxygen atoms in total. The lowest BCUT2D eigenvalue weighted by Crippen LogP contribution is -2.14. The Kier molecular flexibility index (Phi) is 3.24. The highest BCUT2D eigenvalue weighted by molar-refractivity contribution is 5.81. The van der Waals surface area contributed by atoms with Crippen LogP contribution in [0.3, 0.4) is 0 Å². The zero-order chi connectivity index (χ0) is 16.0. The van der Waals surface area contributed by atoms with Gasteiger partial charge in [0.05, 0.1) is 0 Å². The van der Waals surface area contributed by atoms with Crippen molar-refractivity contribution >= 4 is 11.5 Å². The van der Waals surface area contributed by atoms with Crippen molar-refractivity contribution in [1.29, 1.82) is 0 Å². The Bertz CT molecular complexity index is 920. The maximum Gasteiger partial charge on any atom is 0.272 e. The molecule has 3 aromatic heterocycles. The van der Waals surface area contributed by atoms with Gasteiger partial charge in [0.15, 0.2) is 5.65 Å². The second kappa shape index (κ2) is 4.98. The summed E-state index contributed by atoms with van der Waals surface area (Å²) in [5, 5.41) is 3.09. The maximum absolute atomic E-state index is 12.1. The Morgan fingerprint density at radius 3 is 2.50 bits per heavy atom. The van der Waals surface area contributed by atoms with Crippen molar-refractivity contribution in [3.63, 3.8) is 0 Å². The van der Waals surface area contributed by atoms with E-state index in [0.29, 0.717) is 11.3 Å². The Morgan fingerprint density at radius 2 is 1.86 bits per heavy atom. The topological polar surface area (TPSA) is 66.3 Å². The van der Waals surface area contributed by atoms with Gasteiger partial charge in [-0.1, -0.05) is 0 Å². The molecule has 3 aromatic rings. The highest BCUT2D eigenvalue weighted by Crippen LogP contribution is 2.29. The number of aromatic amines is 1. The van der Waals surface area contributed by atoms with Crippen molar-refractivity contribution in [3.8, 4) is 11.1 Å². The molecule has 6 heteroatoms. The van der Waals surface area contributed by atoms with E-state index in [0.717, 1.165) is 28.3 Å². The fraction of sp³-hybridized carbons (Fsp3) is 0.312. The molecule has 0 unspecified atom stereocenters. The second-order valence-electron chi connectivity index (χ2n) is 5.70. The third kappa shape index (κ3) is 2.16. The largest absolute Gasteiger partial charge is 0.363 e. The first-order valence-corrected chi connectivity index (χ1v) is 7.13. The van der Waals surface area contributed by atoms with Crippen LogP contribution in [0.15, 0.2) is 23.0 Å². The van der Waals surface area contributed by atoms with Gasteiger partial charge < -0.3 is 4.90 Å². The van der Waals surface area contributed by atoms with Gasteiger partial charge in [0.2, 0.25) is 0 Å². The average molecular weight is 297 g/mol. The smallest absolute Gasteiger partial charge is 0.272 e. The number of nitrogens with zero attached hydrogens (tertiary/aromatic N) is 4. The Morgan fingerprint density at radius 1 is 1.14 bits per heavy atom. The van der Waals surface area contributed by atoms with Gasteiger partial charge >= 0.3 is 0 Å². The van der Waals surface area contributed by atoms with E-state index in [1.807, 2.05) is 51.9 Å². The van der Waals surface area contributed by atoms with Crippen LogP contribution in [0.25, 0.3) is 16.8 Å². The number of aryl methyl sites for hydroxylation is 3. The molecule has 0 fully saturated rings. The van der Waals surface area contributed by atoms with E-state index in [1.165, 1.54) is 10.6 Å². The minimum atomic E-state index is -0.104. The van der Waals surface area contributed by atoms with Crippen LogP contribution in [0.2, 0.25) is 0 Å². The quantitative estimate of drug-likeness (QED) is 0.786. The summed E-state index contributed by atoms with van der Waals surface area (Å²) in [6.45, 7) is 5.74. The molecule has 114 valence electrons. The van der Waals surface area contributed by atoms with Crippen LogP contribution in [-0.4, -0.2) is 33.7 Å². The molecular formula is C16H19N5O. The highest BCUT2D eigenvalue weighted by atomic mass is 16.1. The third-order valence-electron chi connectivity index (χ3n) is 3.72. The van der Waals surface area contributed by atoms with Crippen molar-refractivity contribution in [3.05, 3.63) is 45.6 Å². The molecular weight excluding hydrogens is 278 g/mol. The predicted octanol–water partition coefficient (Wildman–Crippen LogP) is 2.08. The standard InChI is InChI=1S/C16H19N5O/c1-9-8-14(22)21-16(17-9)15(11(3)19-21)12-6-7-13(20(4)5)18-10(12)2/h6-8,19H,1-5H3. The van der Waals surface area contributed by atoms with Crippen LogP contribution >= 0.6 is 0 Å².